The first kappa shape index (κ1) is 16.0. The van der Waals surface area contributed by atoms with Gasteiger partial charge in [0, 0.05) is 18.7 Å². The molecule has 2 rings (SSSR count). The van der Waals surface area contributed by atoms with Gasteiger partial charge in [-0.05, 0) is 52.2 Å². The predicted molar refractivity (Wildman–Crippen MR) is 87.3 cm³/mol. The van der Waals surface area contributed by atoms with E-state index in [1.54, 1.807) is 12.1 Å². The van der Waals surface area contributed by atoms with Crippen molar-refractivity contribution < 1.29 is 9.13 Å². The quantitative estimate of drug-likeness (QED) is 0.800. The van der Waals surface area contributed by atoms with Gasteiger partial charge in [0.1, 0.15) is 17.3 Å². The van der Waals surface area contributed by atoms with Crippen molar-refractivity contribution in [2.45, 2.75) is 33.4 Å². The second-order valence-electron chi connectivity index (χ2n) is 5.31. The molecule has 0 spiro atoms. The topological polar surface area (TPSA) is 21.3 Å². The zero-order valence-electron chi connectivity index (χ0n) is 12.4. The molecule has 0 bridgehead atoms. The molecule has 0 fully saturated rings. The lowest BCUT2D eigenvalue weighted by Gasteiger charge is -2.12. The zero-order valence-corrected chi connectivity index (χ0v) is 14.0. The first-order valence-corrected chi connectivity index (χ1v) is 7.71. The first-order chi connectivity index (χ1) is 9.95. The molecule has 0 saturated carbocycles. The number of hydrogen-bond acceptors (Lipinski definition) is 2. The van der Waals surface area contributed by atoms with Crippen molar-refractivity contribution in [3.63, 3.8) is 0 Å². The molecule has 4 heteroatoms. The molecule has 2 nitrogen and oxygen atoms in total. The number of ether oxygens (including phenoxy) is 1. The maximum absolute atomic E-state index is 13.5. The molecule has 0 aliphatic heterocycles. The Labute approximate surface area is 133 Å². The summed E-state index contributed by atoms with van der Waals surface area (Å²) in [7, 11) is 0. The van der Waals surface area contributed by atoms with Gasteiger partial charge in [-0.3, -0.25) is 0 Å². The molecule has 2 aromatic carbocycles. The van der Waals surface area contributed by atoms with Crippen molar-refractivity contribution in [1.82, 2.24) is 5.32 Å². The van der Waals surface area contributed by atoms with Crippen LogP contribution in [0.25, 0.3) is 0 Å². The van der Waals surface area contributed by atoms with E-state index in [1.807, 2.05) is 19.1 Å². The average Bonchev–Trinajstić information content (AvgIpc) is 2.43. The number of halogens is 2. The minimum absolute atomic E-state index is 0.331. The predicted octanol–water partition coefficient (Wildman–Crippen LogP) is 5.19. The molecule has 21 heavy (non-hydrogen) atoms. The molecule has 0 unspecified atom stereocenters. The minimum atomic E-state index is -0.331. The van der Waals surface area contributed by atoms with Crippen molar-refractivity contribution >= 4 is 15.9 Å². The highest BCUT2D eigenvalue weighted by Gasteiger charge is 2.06. The summed E-state index contributed by atoms with van der Waals surface area (Å²) >= 11 is 3.13. The van der Waals surface area contributed by atoms with Gasteiger partial charge >= 0.3 is 0 Å². The molecule has 0 saturated heterocycles. The summed E-state index contributed by atoms with van der Waals surface area (Å²) in [5.74, 6) is 0.903. The Morgan fingerprint density at radius 2 is 1.95 bits per heavy atom. The summed E-state index contributed by atoms with van der Waals surface area (Å²) in [5, 5.41) is 3.38. The molecule has 0 aliphatic carbocycles. The minimum Gasteiger partial charge on any atom is -0.457 e. The van der Waals surface area contributed by atoms with E-state index < -0.39 is 0 Å². The summed E-state index contributed by atoms with van der Waals surface area (Å²) in [5.41, 5.74) is 2.23. The third-order valence-electron chi connectivity index (χ3n) is 3.07. The number of aryl methyl sites for hydroxylation is 1. The van der Waals surface area contributed by atoms with Crippen LogP contribution < -0.4 is 10.1 Å². The monoisotopic (exact) mass is 351 g/mol. The summed E-state index contributed by atoms with van der Waals surface area (Å²) in [6.45, 7) is 7.05. The molecule has 0 heterocycles. The Bertz CT molecular complexity index is 628. The fourth-order valence-corrected chi connectivity index (χ4v) is 2.17. The van der Waals surface area contributed by atoms with E-state index in [9.17, 15) is 4.39 Å². The maximum atomic E-state index is 13.5. The van der Waals surface area contributed by atoms with Crippen LogP contribution in [0.15, 0.2) is 40.9 Å². The highest BCUT2D eigenvalue weighted by Crippen LogP contribution is 2.28. The van der Waals surface area contributed by atoms with Gasteiger partial charge in [-0.1, -0.05) is 26.0 Å². The van der Waals surface area contributed by atoms with Crippen LogP contribution in [0.1, 0.15) is 25.0 Å². The van der Waals surface area contributed by atoms with Gasteiger partial charge < -0.3 is 10.1 Å². The fraction of sp³-hybridized carbons (Fsp3) is 0.294. The Morgan fingerprint density at radius 3 is 2.57 bits per heavy atom. The first-order valence-electron chi connectivity index (χ1n) is 6.91. The van der Waals surface area contributed by atoms with E-state index in [1.165, 1.54) is 11.6 Å². The molecule has 112 valence electrons. The van der Waals surface area contributed by atoms with E-state index in [0.717, 1.165) is 17.9 Å². The normalized spacial score (nSPS) is 11.0. The lowest BCUT2D eigenvalue weighted by molar-refractivity contribution is 0.472. The molecule has 0 amide bonds. The number of hydrogen-bond donors (Lipinski definition) is 1. The molecular weight excluding hydrogens is 333 g/mol. The van der Waals surface area contributed by atoms with Crippen LogP contribution >= 0.6 is 15.9 Å². The SMILES string of the molecule is Cc1cc(CNC(C)C)ccc1Oc1ccc(Br)c(F)c1. The van der Waals surface area contributed by atoms with Crippen molar-refractivity contribution in [3.8, 4) is 11.5 Å². The van der Waals surface area contributed by atoms with Gasteiger partial charge in [0.05, 0.1) is 4.47 Å². The summed E-state index contributed by atoms with van der Waals surface area (Å²) in [6.07, 6.45) is 0. The highest BCUT2D eigenvalue weighted by atomic mass is 79.9. The van der Waals surface area contributed by atoms with Crippen molar-refractivity contribution in [1.29, 1.82) is 0 Å². The third-order valence-corrected chi connectivity index (χ3v) is 3.72. The molecular formula is C17H19BrFNO. The maximum Gasteiger partial charge on any atom is 0.141 e. The fourth-order valence-electron chi connectivity index (χ4n) is 1.93. The number of nitrogens with one attached hydrogen (secondary N) is 1. The molecule has 0 aliphatic rings. The third kappa shape index (κ3) is 4.55. The Morgan fingerprint density at radius 1 is 1.19 bits per heavy atom. The molecule has 0 radical (unpaired) electrons. The smallest absolute Gasteiger partial charge is 0.141 e. The van der Waals surface area contributed by atoms with E-state index in [0.29, 0.717) is 16.3 Å². The van der Waals surface area contributed by atoms with Crippen LogP contribution in [0.3, 0.4) is 0 Å². The lowest BCUT2D eigenvalue weighted by Crippen LogP contribution is -2.21. The highest BCUT2D eigenvalue weighted by molar-refractivity contribution is 9.10. The summed E-state index contributed by atoms with van der Waals surface area (Å²) < 4.78 is 19.7. The van der Waals surface area contributed by atoms with E-state index in [4.69, 9.17) is 4.74 Å². The van der Waals surface area contributed by atoms with Crippen LogP contribution in [-0.4, -0.2) is 6.04 Å². The van der Waals surface area contributed by atoms with Crippen LogP contribution in [0.4, 0.5) is 4.39 Å². The summed E-state index contributed by atoms with van der Waals surface area (Å²) in [4.78, 5) is 0. The van der Waals surface area contributed by atoms with E-state index >= 15 is 0 Å². The van der Waals surface area contributed by atoms with Crippen LogP contribution in [0, 0.1) is 12.7 Å². The van der Waals surface area contributed by atoms with Gasteiger partial charge in [0.2, 0.25) is 0 Å². The lowest BCUT2D eigenvalue weighted by atomic mass is 10.1. The van der Waals surface area contributed by atoms with Crippen LogP contribution in [-0.2, 0) is 6.54 Å². The number of rotatable bonds is 5. The Kier molecular flexibility index (Phi) is 5.37. The number of benzene rings is 2. The molecule has 2 aromatic rings. The van der Waals surface area contributed by atoms with Crippen molar-refractivity contribution in [2.75, 3.05) is 0 Å². The van der Waals surface area contributed by atoms with Gasteiger partial charge in [0.15, 0.2) is 0 Å². The van der Waals surface area contributed by atoms with E-state index in [-0.39, 0.29) is 5.82 Å². The van der Waals surface area contributed by atoms with Crippen LogP contribution in [0.5, 0.6) is 11.5 Å². The second-order valence-corrected chi connectivity index (χ2v) is 6.17. The van der Waals surface area contributed by atoms with E-state index in [2.05, 4.69) is 41.2 Å². The van der Waals surface area contributed by atoms with Crippen molar-refractivity contribution in [3.05, 3.63) is 57.8 Å². The summed E-state index contributed by atoms with van der Waals surface area (Å²) in [6, 6.07) is 11.2. The zero-order chi connectivity index (χ0) is 15.4. The van der Waals surface area contributed by atoms with Gasteiger partial charge in [-0.2, -0.15) is 0 Å². The molecule has 1 N–H and O–H groups in total. The standard InChI is InChI=1S/C17H19BrFNO/c1-11(2)20-10-13-4-7-17(12(3)8-13)21-14-5-6-15(18)16(19)9-14/h4-9,11,20H,10H2,1-3H3. The van der Waals surface area contributed by atoms with Gasteiger partial charge in [-0.15, -0.1) is 0 Å². The second kappa shape index (κ2) is 7.05. The van der Waals surface area contributed by atoms with Gasteiger partial charge in [-0.25, -0.2) is 4.39 Å². The molecule has 0 atom stereocenters. The molecule has 0 aromatic heterocycles. The Hall–Kier alpha value is -1.39. The average molecular weight is 352 g/mol. The Balaban J connectivity index is 2.11. The van der Waals surface area contributed by atoms with Crippen LogP contribution in [0.2, 0.25) is 0 Å². The van der Waals surface area contributed by atoms with Crippen molar-refractivity contribution in [2.24, 2.45) is 0 Å². The largest absolute Gasteiger partial charge is 0.457 e. The van der Waals surface area contributed by atoms with Gasteiger partial charge in [0.25, 0.3) is 0 Å².